The molecule has 3 rings (SSSR count). The number of halogens is 2. The van der Waals surface area contributed by atoms with Gasteiger partial charge in [0.25, 0.3) is 5.91 Å². The number of rotatable bonds is 7. The summed E-state index contributed by atoms with van der Waals surface area (Å²) in [5, 5.41) is 2.65. The van der Waals surface area contributed by atoms with Crippen molar-refractivity contribution in [2.45, 2.75) is 26.4 Å². The van der Waals surface area contributed by atoms with E-state index in [2.05, 4.69) is 21.9 Å². The van der Waals surface area contributed by atoms with Gasteiger partial charge in [0.15, 0.2) is 6.61 Å². The lowest BCUT2D eigenvalue weighted by atomic mass is 9.99. The van der Waals surface area contributed by atoms with Crippen LogP contribution in [0.15, 0.2) is 48.5 Å². The first kappa shape index (κ1) is 21.5. The van der Waals surface area contributed by atoms with E-state index in [1.165, 1.54) is 24.3 Å². The summed E-state index contributed by atoms with van der Waals surface area (Å²) < 4.78 is 34.1. The maximum absolute atomic E-state index is 12.4. The van der Waals surface area contributed by atoms with Crippen LogP contribution < -0.4 is 15.0 Å². The molecule has 2 aromatic carbocycles. The van der Waals surface area contributed by atoms with Gasteiger partial charge in [-0.05, 0) is 55.2 Å². The number of carbonyl (C=O) groups excluding carboxylic acids is 2. The summed E-state index contributed by atoms with van der Waals surface area (Å²) in [5.74, 6) is -1.01. The van der Waals surface area contributed by atoms with Gasteiger partial charge in [0.05, 0.1) is 0 Å². The van der Waals surface area contributed by atoms with Crippen molar-refractivity contribution in [2.24, 2.45) is 5.92 Å². The monoisotopic (exact) mass is 418 g/mol. The number of esters is 1. The lowest BCUT2D eigenvalue weighted by Gasteiger charge is -2.32. The van der Waals surface area contributed by atoms with Gasteiger partial charge in [-0.15, -0.1) is 0 Å². The molecule has 0 unspecified atom stereocenters. The Morgan fingerprint density at radius 2 is 1.77 bits per heavy atom. The van der Waals surface area contributed by atoms with E-state index < -0.39 is 25.1 Å². The summed E-state index contributed by atoms with van der Waals surface area (Å²) in [6.07, 6.45) is 2.32. The van der Waals surface area contributed by atoms with Crippen LogP contribution in [-0.2, 0) is 9.53 Å². The molecule has 1 N–H and O–H groups in total. The van der Waals surface area contributed by atoms with Gasteiger partial charge in [-0.3, -0.25) is 4.79 Å². The van der Waals surface area contributed by atoms with E-state index in [9.17, 15) is 18.4 Å². The summed E-state index contributed by atoms with van der Waals surface area (Å²) in [6, 6.07) is 12.9. The Labute approximate surface area is 173 Å². The molecule has 1 fully saturated rings. The molecule has 0 aromatic heterocycles. The number of ether oxygens (including phenoxy) is 2. The SMILES string of the molecule is CC1CCN(c2ccc(NC(=O)COC(=O)c3ccccc3OC(F)F)cc2)CC1. The van der Waals surface area contributed by atoms with Gasteiger partial charge in [0.2, 0.25) is 0 Å². The molecular weight excluding hydrogens is 394 g/mol. The Kier molecular flexibility index (Phi) is 7.21. The molecule has 0 aliphatic carbocycles. The van der Waals surface area contributed by atoms with E-state index in [1.54, 1.807) is 12.1 Å². The van der Waals surface area contributed by atoms with Crippen LogP contribution in [0.2, 0.25) is 0 Å². The number of amides is 1. The van der Waals surface area contributed by atoms with Crippen LogP contribution in [0.1, 0.15) is 30.1 Å². The van der Waals surface area contributed by atoms with Crippen LogP contribution >= 0.6 is 0 Å². The molecule has 0 spiro atoms. The minimum Gasteiger partial charge on any atom is -0.452 e. The lowest BCUT2D eigenvalue weighted by Crippen LogP contribution is -2.32. The highest BCUT2D eigenvalue weighted by atomic mass is 19.3. The van der Waals surface area contributed by atoms with E-state index in [1.807, 2.05) is 12.1 Å². The molecule has 1 saturated heterocycles. The smallest absolute Gasteiger partial charge is 0.387 e. The molecule has 1 aliphatic rings. The molecule has 6 nitrogen and oxygen atoms in total. The zero-order chi connectivity index (χ0) is 21.5. The second-order valence-corrected chi connectivity index (χ2v) is 7.22. The standard InChI is InChI=1S/C22H24F2N2O4/c1-15-10-12-26(13-11-15)17-8-6-16(7-9-17)25-20(27)14-29-21(28)18-4-2-3-5-19(18)30-22(23)24/h2-9,15,22H,10-14H2,1H3,(H,25,27). The maximum Gasteiger partial charge on any atom is 0.387 e. The van der Waals surface area contributed by atoms with E-state index in [0.29, 0.717) is 5.69 Å². The zero-order valence-corrected chi connectivity index (χ0v) is 16.6. The fourth-order valence-electron chi connectivity index (χ4n) is 3.26. The maximum atomic E-state index is 12.4. The molecule has 160 valence electrons. The van der Waals surface area contributed by atoms with Gasteiger partial charge in [-0.1, -0.05) is 19.1 Å². The Balaban J connectivity index is 1.51. The van der Waals surface area contributed by atoms with E-state index >= 15 is 0 Å². The van der Waals surface area contributed by atoms with Crippen LogP contribution in [0.25, 0.3) is 0 Å². The van der Waals surface area contributed by atoms with Gasteiger partial charge in [0.1, 0.15) is 11.3 Å². The van der Waals surface area contributed by atoms with Crippen LogP contribution in [0.5, 0.6) is 5.75 Å². The van der Waals surface area contributed by atoms with Crippen LogP contribution in [0.3, 0.4) is 0 Å². The minimum atomic E-state index is -3.07. The summed E-state index contributed by atoms with van der Waals surface area (Å²) in [4.78, 5) is 26.5. The van der Waals surface area contributed by atoms with Crippen molar-refractivity contribution in [1.82, 2.24) is 0 Å². The molecule has 1 amide bonds. The van der Waals surface area contributed by atoms with Crippen molar-refractivity contribution < 1.29 is 27.8 Å². The van der Waals surface area contributed by atoms with Gasteiger partial charge >= 0.3 is 12.6 Å². The molecule has 1 aliphatic heterocycles. The highest BCUT2D eigenvalue weighted by molar-refractivity contribution is 5.96. The van der Waals surface area contributed by atoms with Gasteiger partial charge in [-0.25, -0.2) is 4.79 Å². The number of carbonyl (C=O) groups is 2. The van der Waals surface area contributed by atoms with Crippen LogP contribution in [-0.4, -0.2) is 38.2 Å². The van der Waals surface area contributed by atoms with Gasteiger partial charge in [0, 0.05) is 24.5 Å². The van der Waals surface area contributed by atoms with E-state index in [0.717, 1.165) is 37.5 Å². The first-order valence-electron chi connectivity index (χ1n) is 9.78. The van der Waals surface area contributed by atoms with Crippen molar-refractivity contribution in [2.75, 3.05) is 29.9 Å². The molecule has 0 bridgehead atoms. The highest BCUT2D eigenvalue weighted by Gasteiger charge is 2.18. The zero-order valence-electron chi connectivity index (χ0n) is 16.6. The minimum absolute atomic E-state index is 0.175. The lowest BCUT2D eigenvalue weighted by molar-refractivity contribution is -0.119. The topological polar surface area (TPSA) is 67.9 Å². The summed E-state index contributed by atoms with van der Waals surface area (Å²) >= 11 is 0. The number of hydrogen-bond donors (Lipinski definition) is 1. The number of benzene rings is 2. The predicted octanol–water partition coefficient (Wildman–Crippen LogP) is 4.32. The molecule has 2 aromatic rings. The number of para-hydroxylation sites is 1. The summed E-state index contributed by atoms with van der Waals surface area (Å²) in [7, 11) is 0. The first-order chi connectivity index (χ1) is 14.4. The fourth-order valence-corrected chi connectivity index (χ4v) is 3.26. The Hall–Kier alpha value is -3.16. The van der Waals surface area contributed by atoms with Crippen molar-refractivity contribution in [3.05, 3.63) is 54.1 Å². The molecule has 30 heavy (non-hydrogen) atoms. The third-order valence-corrected chi connectivity index (χ3v) is 4.96. The van der Waals surface area contributed by atoms with Crippen molar-refractivity contribution in [3.63, 3.8) is 0 Å². The summed E-state index contributed by atoms with van der Waals surface area (Å²) in [5.41, 5.74) is 1.50. The van der Waals surface area contributed by atoms with Crippen molar-refractivity contribution >= 4 is 23.3 Å². The first-order valence-corrected chi connectivity index (χ1v) is 9.78. The molecular formula is C22H24F2N2O4. The number of hydrogen-bond acceptors (Lipinski definition) is 5. The van der Waals surface area contributed by atoms with E-state index in [-0.39, 0.29) is 11.3 Å². The molecule has 0 saturated carbocycles. The fraction of sp³-hybridized carbons (Fsp3) is 0.364. The molecule has 8 heteroatoms. The molecule has 0 radical (unpaired) electrons. The van der Waals surface area contributed by atoms with Gasteiger partial charge < -0.3 is 19.7 Å². The highest BCUT2D eigenvalue weighted by Crippen LogP contribution is 2.24. The number of nitrogens with zero attached hydrogens (tertiary/aromatic N) is 1. The molecule has 1 heterocycles. The Morgan fingerprint density at radius 1 is 1.10 bits per heavy atom. The number of nitrogens with one attached hydrogen (secondary N) is 1. The quantitative estimate of drug-likeness (QED) is 0.679. The van der Waals surface area contributed by atoms with E-state index in [4.69, 9.17) is 4.74 Å². The summed E-state index contributed by atoms with van der Waals surface area (Å²) in [6.45, 7) is 0.665. The average Bonchev–Trinajstić information content (AvgIpc) is 2.73. The van der Waals surface area contributed by atoms with Crippen molar-refractivity contribution in [1.29, 1.82) is 0 Å². The predicted molar refractivity (Wildman–Crippen MR) is 109 cm³/mol. The largest absolute Gasteiger partial charge is 0.452 e. The number of anilines is 2. The third-order valence-electron chi connectivity index (χ3n) is 4.96. The average molecular weight is 418 g/mol. The number of piperidine rings is 1. The third kappa shape index (κ3) is 5.92. The van der Waals surface area contributed by atoms with Gasteiger partial charge in [-0.2, -0.15) is 8.78 Å². The van der Waals surface area contributed by atoms with Crippen molar-refractivity contribution in [3.8, 4) is 5.75 Å². The van der Waals surface area contributed by atoms with Crippen LogP contribution in [0.4, 0.5) is 20.2 Å². The molecule has 0 atom stereocenters. The van der Waals surface area contributed by atoms with Crippen LogP contribution in [0, 0.1) is 5.92 Å². The Morgan fingerprint density at radius 3 is 2.43 bits per heavy atom. The second kappa shape index (κ2) is 10.0. The second-order valence-electron chi connectivity index (χ2n) is 7.22. The number of alkyl halides is 2. The Bertz CT molecular complexity index is 866. The normalized spacial score (nSPS) is 14.5.